The van der Waals surface area contributed by atoms with Gasteiger partial charge in [-0.05, 0) is 48.9 Å². The summed E-state index contributed by atoms with van der Waals surface area (Å²) in [5, 5.41) is 3.40. The number of methoxy groups -OCH3 is 1. The third-order valence-electron chi connectivity index (χ3n) is 3.10. The number of carbonyl (C=O) groups is 1. The smallest absolute Gasteiger partial charge is 0.265 e. The van der Waals surface area contributed by atoms with Crippen LogP contribution in [0.3, 0.4) is 0 Å². The third-order valence-corrected chi connectivity index (χ3v) is 3.33. The molecule has 1 amide bonds. The molecule has 0 aliphatic heterocycles. The standard InChI is InChI=1S/C17H18ClNO3/c1-3-16(22-15-6-4-5-12(18)11-15)17(20)19-13-7-9-14(21-2)10-8-13/h4-11,16H,3H2,1-2H3,(H,19,20)/t16-/m1/s1. The molecule has 4 nitrogen and oxygen atoms in total. The summed E-state index contributed by atoms with van der Waals surface area (Å²) < 4.78 is 10.8. The first kappa shape index (κ1) is 16.2. The Hall–Kier alpha value is -2.20. The van der Waals surface area contributed by atoms with Gasteiger partial charge in [0.2, 0.25) is 0 Å². The van der Waals surface area contributed by atoms with Gasteiger partial charge in [0.15, 0.2) is 6.10 Å². The van der Waals surface area contributed by atoms with Crippen LogP contribution in [-0.4, -0.2) is 19.1 Å². The van der Waals surface area contributed by atoms with Crippen molar-refractivity contribution in [3.8, 4) is 11.5 Å². The van der Waals surface area contributed by atoms with Gasteiger partial charge in [0.1, 0.15) is 11.5 Å². The van der Waals surface area contributed by atoms with E-state index in [4.69, 9.17) is 21.1 Å². The molecule has 0 saturated heterocycles. The summed E-state index contributed by atoms with van der Waals surface area (Å²) in [5.41, 5.74) is 0.693. The van der Waals surface area contributed by atoms with Crippen molar-refractivity contribution in [3.63, 3.8) is 0 Å². The summed E-state index contributed by atoms with van der Waals surface area (Å²) in [4.78, 5) is 12.3. The van der Waals surface area contributed by atoms with Crippen molar-refractivity contribution in [2.24, 2.45) is 0 Å². The maximum absolute atomic E-state index is 12.3. The van der Waals surface area contributed by atoms with Gasteiger partial charge >= 0.3 is 0 Å². The molecule has 0 saturated carbocycles. The van der Waals surface area contributed by atoms with Gasteiger partial charge in [-0.2, -0.15) is 0 Å². The van der Waals surface area contributed by atoms with Gasteiger partial charge in [0, 0.05) is 10.7 Å². The van der Waals surface area contributed by atoms with Crippen LogP contribution in [0.4, 0.5) is 5.69 Å². The molecule has 0 radical (unpaired) electrons. The molecule has 0 unspecified atom stereocenters. The lowest BCUT2D eigenvalue weighted by atomic mass is 10.2. The average molecular weight is 320 g/mol. The maximum atomic E-state index is 12.3. The highest BCUT2D eigenvalue weighted by atomic mass is 35.5. The molecule has 0 aromatic heterocycles. The number of hydrogen-bond donors (Lipinski definition) is 1. The van der Waals surface area contributed by atoms with Crippen molar-refractivity contribution in [3.05, 3.63) is 53.6 Å². The Kier molecular flexibility index (Phi) is 5.67. The Bertz CT molecular complexity index is 628. The van der Waals surface area contributed by atoms with E-state index in [0.717, 1.165) is 5.75 Å². The molecule has 5 heteroatoms. The van der Waals surface area contributed by atoms with Crippen LogP contribution in [0, 0.1) is 0 Å². The van der Waals surface area contributed by atoms with Crippen LogP contribution in [0.15, 0.2) is 48.5 Å². The SMILES string of the molecule is CC[C@@H](Oc1cccc(Cl)c1)C(=O)Nc1ccc(OC)cc1. The zero-order valence-corrected chi connectivity index (χ0v) is 13.3. The van der Waals surface area contributed by atoms with Crippen molar-refractivity contribution in [2.45, 2.75) is 19.4 Å². The van der Waals surface area contributed by atoms with Gasteiger partial charge in [-0.15, -0.1) is 0 Å². The average Bonchev–Trinajstić information content (AvgIpc) is 2.53. The van der Waals surface area contributed by atoms with E-state index in [0.29, 0.717) is 22.9 Å². The predicted molar refractivity (Wildman–Crippen MR) is 87.8 cm³/mol. The monoisotopic (exact) mass is 319 g/mol. The van der Waals surface area contributed by atoms with E-state index in [-0.39, 0.29) is 5.91 Å². The quantitative estimate of drug-likeness (QED) is 0.870. The zero-order valence-electron chi connectivity index (χ0n) is 12.5. The molecule has 116 valence electrons. The number of anilines is 1. The van der Waals surface area contributed by atoms with Gasteiger partial charge in [0.25, 0.3) is 5.91 Å². The second-order valence-electron chi connectivity index (χ2n) is 4.69. The predicted octanol–water partition coefficient (Wildman–Crippen LogP) is 4.14. The number of rotatable bonds is 6. The number of nitrogens with one attached hydrogen (secondary N) is 1. The number of amides is 1. The van der Waals surface area contributed by atoms with E-state index in [1.54, 1.807) is 55.6 Å². The Balaban J connectivity index is 2.01. The molecule has 1 atom stereocenters. The summed E-state index contributed by atoms with van der Waals surface area (Å²) in [6, 6.07) is 14.1. The van der Waals surface area contributed by atoms with Gasteiger partial charge in [-0.1, -0.05) is 24.6 Å². The van der Waals surface area contributed by atoms with E-state index in [9.17, 15) is 4.79 Å². The Labute approximate surface area is 135 Å². The first-order chi connectivity index (χ1) is 10.6. The molecule has 0 bridgehead atoms. The minimum absolute atomic E-state index is 0.201. The van der Waals surface area contributed by atoms with E-state index in [1.807, 2.05) is 6.92 Å². The van der Waals surface area contributed by atoms with Gasteiger partial charge in [-0.3, -0.25) is 4.79 Å². The highest BCUT2D eigenvalue weighted by Crippen LogP contribution is 2.20. The largest absolute Gasteiger partial charge is 0.497 e. The zero-order chi connectivity index (χ0) is 15.9. The molecule has 0 heterocycles. The summed E-state index contributed by atoms with van der Waals surface area (Å²) in [7, 11) is 1.60. The Morgan fingerprint density at radius 3 is 2.50 bits per heavy atom. The number of benzene rings is 2. The fourth-order valence-electron chi connectivity index (χ4n) is 1.92. The van der Waals surface area contributed by atoms with Crippen LogP contribution in [-0.2, 0) is 4.79 Å². The molecule has 0 spiro atoms. The van der Waals surface area contributed by atoms with Crippen LogP contribution in [0.2, 0.25) is 5.02 Å². The minimum atomic E-state index is -0.583. The molecule has 22 heavy (non-hydrogen) atoms. The lowest BCUT2D eigenvalue weighted by Gasteiger charge is -2.17. The molecular formula is C17H18ClNO3. The fourth-order valence-corrected chi connectivity index (χ4v) is 2.10. The fraction of sp³-hybridized carbons (Fsp3) is 0.235. The molecule has 0 aliphatic rings. The molecule has 2 aromatic rings. The van der Waals surface area contributed by atoms with Crippen LogP contribution in [0.5, 0.6) is 11.5 Å². The summed E-state index contributed by atoms with van der Waals surface area (Å²) in [6.07, 6.45) is -0.0327. The number of hydrogen-bond acceptors (Lipinski definition) is 3. The van der Waals surface area contributed by atoms with Crippen molar-refractivity contribution in [1.82, 2.24) is 0 Å². The highest BCUT2D eigenvalue weighted by molar-refractivity contribution is 6.30. The van der Waals surface area contributed by atoms with E-state index < -0.39 is 6.10 Å². The van der Waals surface area contributed by atoms with Gasteiger partial charge in [0.05, 0.1) is 7.11 Å². The minimum Gasteiger partial charge on any atom is -0.497 e. The van der Waals surface area contributed by atoms with E-state index in [2.05, 4.69) is 5.32 Å². The first-order valence-corrected chi connectivity index (χ1v) is 7.37. The van der Waals surface area contributed by atoms with E-state index in [1.165, 1.54) is 0 Å². The summed E-state index contributed by atoms with van der Waals surface area (Å²) >= 11 is 5.92. The molecule has 2 rings (SSSR count). The van der Waals surface area contributed by atoms with Crippen molar-refractivity contribution >= 4 is 23.2 Å². The number of ether oxygens (including phenoxy) is 2. The molecule has 2 aromatic carbocycles. The molecule has 0 fully saturated rings. The Morgan fingerprint density at radius 1 is 1.18 bits per heavy atom. The summed E-state index contributed by atoms with van der Waals surface area (Å²) in [5.74, 6) is 1.11. The second kappa shape index (κ2) is 7.71. The lowest BCUT2D eigenvalue weighted by molar-refractivity contribution is -0.122. The third kappa shape index (κ3) is 4.40. The molecular weight excluding hydrogens is 302 g/mol. The normalized spacial score (nSPS) is 11.6. The van der Waals surface area contributed by atoms with Gasteiger partial charge in [-0.25, -0.2) is 0 Å². The lowest BCUT2D eigenvalue weighted by Crippen LogP contribution is -2.32. The number of halogens is 1. The Morgan fingerprint density at radius 2 is 1.91 bits per heavy atom. The second-order valence-corrected chi connectivity index (χ2v) is 5.13. The van der Waals surface area contributed by atoms with Crippen LogP contribution >= 0.6 is 11.6 Å². The van der Waals surface area contributed by atoms with Crippen molar-refractivity contribution < 1.29 is 14.3 Å². The van der Waals surface area contributed by atoms with E-state index >= 15 is 0 Å². The topological polar surface area (TPSA) is 47.6 Å². The van der Waals surface area contributed by atoms with Crippen LogP contribution in [0.25, 0.3) is 0 Å². The maximum Gasteiger partial charge on any atom is 0.265 e. The summed E-state index contributed by atoms with van der Waals surface area (Å²) in [6.45, 7) is 1.89. The van der Waals surface area contributed by atoms with Crippen LogP contribution in [0.1, 0.15) is 13.3 Å². The van der Waals surface area contributed by atoms with Crippen molar-refractivity contribution in [1.29, 1.82) is 0 Å². The highest BCUT2D eigenvalue weighted by Gasteiger charge is 2.18. The number of carbonyl (C=O) groups excluding carboxylic acids is 1. The molecule has 0 aliphatic carbocycles. The van der Waals surface area contributed by atoms with Crippen molar-refractivity contribution in [2.75, 3.05) is 12.4 Å². The van der Waals surface area contributed by atoms with Gasteiger partial charge < -0.3 is 14.8 Å². The van der Waals surface area contributed by atoms with Crippen LogP contribution < -0.4 is 14.8 Å². The molecule has 1 N–H and O–H groups in total. The first-order valence-electron chi connectivity index (χ1n) is 6.99.